The van der Waals surface area contributed by atoms with E-state index in [9.17, 15) is 0 Å². The van der Waals surface area contributed by atoms with Gasteiger partial charge in [0, 0.05) is 23.1 Å². The molecule has 2 aliphatic heterocycles. The zero-order chi connectivity index (χ0) is 24.2. The number of rotatable bonds is 3. The SMILES string of the molecule is Cc1ccc(C2=NN3[C@H](C2)c2ccccc2O[C@H]3c2ccc3noc(-c4ccc(C)cc4)c3c2)cc1. The van der Waals surface area contributed by atoms with Gasteiger partial charge in [0.1, 0.15) is 11.3 Å². The molecular weight excluding hydrogens is 446 g/mol. The molecule has 0 saturated heterocycles. The molecule has 0 fully saturated rings. The van der Waals surface area contributed by atoms with Gasteiger partial charge in [0.15, 0.2) is 5.76 Å². The third-order valence-corrected chi connectivity index (χ3v) is 7.18. The highest BCUT2D eigenvalue weighted by atomic mass is 16.5. The van der Waals surface area contributed by atoms with Crippen LogP contribution in [0.1, 0.15) is 46.5 Å². The molecule has 0 amide bonds. The van der Waals surface area contributed by atoms with Crippen LogP contribution in [0.4, 0.5) is 0 Å². The van der Waals surface area contributed by atoms with Crippen molar-refractivity contribution in [1.29, 1.82) is 0 Å². The zero-order valence-electron chi connectivity index (χ0n) is 20.2. The number of fused-ring (bicyclic) bond motifs is 4. The number of aromatic nitrogens is 1. The lowest BCUT2D eigenvalue weighted by atomic mass is 9.95. The highest BCUT2D eigenvalue weighted by molar-refractivity contribution is 6.02. The fraction of sp³-hybridized carbons (Fsp3) is 0.161. The molecule has 0 N–H and O–H groups in total. The van der Waals surface area contributed by atoms with Crippen LogP contribution in [-0.4, -0.2) is 15.9 Å². The number of ether oxygens (including phenoxy) is 1. The minimum atomic E-state index is -0.349. The second-order valence-electron chi connectivity index (χ2n) is 9.67. The fourth-order valence-corrected chi connectivity index (χ4v) is 5.20. The Morgan fingerprint density at radius 3 is 2.31 bits per heavy atom. The number of benzene rings is 4. The Bertz CT molecular complexity index is 1620. The molecule has 0 aliphatic carbocycles. The fourth-order valence-electron chi connectivity index (χ4n) is 5.20. The van der Waals surface area contributed by atoms with Crippen molar-refractivity contribution >= 4 is 16.6 Å². The third kappa shape index (κ3) is 3.39. The molecule has 4 aromatic carbocycles. The molecule has 5 nitrogen and oxygen atoms in total. The zero-order valence-corrected chi connectivity index (χ0v) is 20.2. The van der Waals surface area contributed by atoms with Gasteiger partial charge >= 0.3 is 0 Å². The van der Waals surface area contributed by atoms with Crippen LogP contribution in [0.25, 0.3) is 22.2 Å². The highest BCUT2D eigenvalue weighted by Gasteiger charge is 2.41. The summed E-state index contributed by atoms with van der Waals surface area (Å²) in [6, 6.07) is 31.6. The van der Waals surface area contributed by atoms with Crippen LogP contribution in [-0.2, 0) is 0 Å². The van der Waals surface area contributed by atoms with E-state index >= 15 is 0 Å². The first-order valence-electron chi connectivity index (χ1n) is 12.3. The molecule has 0 radical (unpaired) electrons. The van der Waals surface area contributed by atoms with E-state index in [1.807, 2.05) is 12.1 Å². The van der Waals surface area contributed by atoms with Crippen LogP contribution in [0.2, 0.25) is 0 Å². The summed E-state index contributed by atoms with van der Waals surface area (Å²) in [5.74, 6) is 1.68. The van der Waals surface area contributed by atoms with Gasteiger partial charge in [-0.25, -0.2) is 5.01 Å². The molecule has 5 heteroatoms. The molecule has 5 aromatic rings. The molecule has 2 aliphatic rings. The van der Waals surface area contributed by atoms with Crippen molar-refractivity contribution < 1.29 is 9.26 Å². The summed E-state index contributed by atoms with van der Waals surface area (Å²) in [7, 11) is 0. The lowest BCUT2D eigenvalue weighted by Gasteiger charge is -2.38. The summed E-state index contributed by atoms with van der Waals surface area (Å²) in [6.45, 7) is 4.19. The van der Waals surface area contributed by atoms with E-state index in [1.165, 1.54) is 16.7 Å². The van der Waals surface area contributed by atoms with Gasteiger partial charge < -0.3 is 9.26 Å². The van der Waals surface area contributed by atoms with E-state index in [1.54, 1.807) is 0 Å². The average molecular weight is 472 g/mol. The van der Waals surface area contributed by atoms with Crippen molar-refractivity contribution in [2.45, 2.75) is 32.5 Å². The lowest BCUT2D eigenvalue weighted by molar-refractivity contribution is -0.0189. The molecule has 1 aromatic heterocycles. The van der Waals surface area contributed by atoms with Crippen molar-refractivity contribution in [2.75, 3.05) is 0 Å². The summed E-state index contributed by atoms with van der Waals surface area (Å²) in [6.07, 6.45) is 0.488. The molecule has 36 heavy (non-hydrogen) atoms. The topological polar surface area (TPSA) is 50.9 Å². The van der Waals surface area contributed by atoms with Gasteiger partial charge in [-0.2, -0.15) is 5.10 Å². The molecule has 0 unspecified atom stereocenters. The standard InChI is InChI=1S/C31H25N3O2/c1-19-7-11-21(12-8-19)27-18-28-24-5-3-4-6-29(24)35-31(34(28)32-27)23-15-16-26-25(17-23)30(36-33-26)22-13-9-20(2)10-14-22/h3-17,28,31H,18H2,1-2H3/t28-,31+/m1/s1. The molecule has 176 valence electrons. The smallest absolute Gasteiger partial charge is 0.213 e. The molecule has 2 atom stereocenters. The van der Waals surface area contributed by atoms with Gasteiger partial charge in [-0.3, -0.25) is 0 Å². The number of hydrazone groups is 1. The average Bonchev–Trinajstić information content (AvgIpc) is 3.54. The first-order valence-corrected chi connectivity index (χ1v) is 12.3. The van der Waals surface area contributed by atoms with Gasteiger partial charge in [0.05, 0.1) is 17.1 Å². The van der Waals surface area contributed by atoms with Gasteiger partial charge in [0.2, 0.25) is 6.23 Å². The number of hydrogen-bond donors (Lipinski definition) is 0. The van der Waals surface area contributed by atoms with Crippen molar-refractivity contribution in [3.63, 3.8) is 0 Å². The van der Waals surface area contributed by atoms with Crippen molar-refractivity contribution in [3.05, 3.63) is 119 Å². The number of hydrogen-bond acceptors (Lipinski definition) is 5. The molecule has 0 bridgehead atoms. The van der Waals surface area contributed by atoms with E-state index in [4.69, 9.17) is 14.4 Å². The molecular formula is C31H25N3O2. The van der Waals surface area contributed by atoms with Crippen LogP contribution in [0.3, 0.4) is 0 Å². The van der Waals surface area contributed by atoms with E-state index in [0.29, 0.717) is 0 Å². The van der Waals surface area contributed by atoms with Crippen LogP contribution < -0.4 is 4.74 Å². The van der Waals surface area contributed by atoms with Crippen molar-refractivity contribution in [3.8, 4) is 17.1 Å². The largest absolute Gasteiger partial charge is 0.464 e. The summed E-state index contributed by atoms with van der Waals surface area (Å²) in [4.78, 5) is 0. The van der Waals surface area contributed by atoms with Crippen molar-refractivity contribution in [2.24, 2.45) is 5.10 Å². The maximum Gasteiger partial charge on any atom is 0.213 e. The molecule has 0 spiro atoms. The van der Waals surface area contributed by atoms with E-state index < -0.39 is 0 Å². The summed E-state index contributed by atoms with van der Waals surface area (Å²) in [5.41, 5.74) is 8.71. The minimum Gasteiger partial charge on any atom is -0.464 e. The number of nitrogens with zero attached hydrogens (tertiary/aromatic N) is 3. The number of aryl methyl sites for hydroxylation is 2. The minimum absolute atomic E-state index is 0.117. The lowest BCUT2D eigenvalue weighted by Crippen LogP contribution is -2.33. The quantitative estimate of drug-likeness (QED) is 0.276. The first-order chi connectivity index (χ1) is 17.6. The highest BCUT2D eigenvalue weighted by Crippen LogP contribution is 2.48. The van der Waals surface area contributed by atoms with Gasteiger partial charge in [-0.15, -0.1) is 0 Å². The number of para-hydroxylation sites is 1. The monoisotopic (exact) mass is 471 g/mol. The van der Waals surface area contributed by atoms with E-state index in [2.05, 4.69) is 103 Å². The van der Waals surface area contributed by atoms with Gasteiger partial charge in [-0.1, -0.05) is 89.1 Å². The maximum atomic E-state index is 6.59. The van der Waals surface area contributed by atoms with Crippen LogP contribution in [0.15, 0.2) is 101 Å². The van der Waals surface area contributed by atoms with Crippen LogP contribution in [0.5, 0.6) is 5.75 Å². The van der Waals surface area contributed by atoms with Crippen LogP contribution in [0, 0.1) is 13.8 Å². The summed E-state index contributed by atoms with van der Waals surface area (Å²) < 4.78 is 12.4. The Labute approximate surface area is 209 Å². The Hall–Kier alpha value is -4.38. The Morgan fingerprint density at radius 2 is 1.53 bits per heavy atom. The Morgan fingerprint density at radius 1 is 0.806 bits per heavy atom. The normalized spacial score (nSPS) is 18.5. The second kappa shape index (κ2) is 8.09. The van der Waals surface area contributed by atoms with Crippen LogP contribution >= 0.6 is 0 Å². The molecule has 0 saturated carbocycles. The van der Waals surface area contributed by atoms with Gasteiger partial charge in [-0.05, 0) is 37.6 Å². The van der Waals surface area contributed by atoms with Crippen molar-refractivity contribution in [1.82, 2.24) is 10.2 Å². The van der Waals surface area contributed by atoms with E-state index in [0.717, 1.165) is 51.2 Å². The predicted molar refractivity (Wildman–Crippen MR) is 141 cm³/mol. The summed E-state index contributed by atoms with van der Waals surface area (Å²) in [5, 5.41) is 12.5. The van der Waals surface area contributed by atoms with E-state index in [-0.39, 0.29) is 12.3 Å². The maximum absolute atomic E-state index is 6.59. The molecule has 3 heterocycles. The first kappa shape index (κ1) is 20.9. The van der Waals surface area contributed by atoms with Gasteiger partial charge in [0.25, 0.3) is 0 Å². The third-order valence-electron chi connectivity index (χ3n) is 7.18. The predicted octanol–water partition coefficient (Wildman–Crippen LogP) is 7.35. The Balaban J connectivity index is 1.33. The summed E-state index contributed by atoms with van der Waals surface area (Å²) >= 11 is 0. The Kier molecular flexibility index (Phi) is 4.71. The second-order valence-corrected chi connectivity index (χ2v) is 9.67. The molecule has 7 rings (SSSR count).